The highest BCUT2D eigenvalue weighted by molar-refractivity contribution is 5.89. The summed E-state index contributed by atoms with van der Waals surface area (Å²) in [5, 5.41) is 3.04. The lowest BCUT2D eigenvalue weighted by Crippen LogP contribution is -2.44. The average molecular weight is 297 g/mol. The lowest BCUT2D eigenvalue weighted by Gasteiger charge is -2.37. The van der Waals surface area contributed by atoms with Gasteiger partial charge in [-0.1, -0.05) is 25.5 Å². The van der Waals surface area contributed by atoms with E-state index in [0.29, 0.717) is 0 Å². The van der Waals surface area contributed by atoms with Gasteiger partial charge in [0.2, 0.25) is 0 Å². The highest BCUT2D eigenvalue weighted by Gasteiger charge is 2.30. The Balaban J connectivity index is 1.79. The van der Waals surface area contributed by atoms with Crippen LogP contribution >= 0.6 is 0 Å². The Morgan fingerprint density at radius 1 is 1.27 bits per heavy atom. The van der Waals surface area contributed by atoms with Gasteiger partial charge in [0, 0.05) is 30.7 Å². The summed E-state index contributed by atoms with van der Waals surface area (Å²) in [5.41, 5.74) is 3.25. The summed E-state index contributed by atoms with van der Waals surface area (Å²) >= 11 is 0. The standard InChI is InChI=1S/C18H23N3O/c1-3-6-17-16-9-5-10-20(16)11-12-21(17)18(22)19-15-8-4-7-14(2)13-15/h4-5,7-10,13,17H,3,6,11-12H2,1-2H3,(H,19,22)/t17-/m0/s1. The highest BCUT2D eigenvalue weighted by atomic mass is 16.2. The Hall–Kier alpha value is -2.23. The van der Waals surface area contributed by atoms with Crippen LogP contribution in [0.25, 0.3) is 0 Å². The van der Waals surface area contributed by atoms with E-state index in [0.717, 1.165) is 37.2 Å². The molecule has 4 heteroatoms. The fourth-order valence-electron chi connectivity index (χ4n) is 3.20. The number of anilines is 1. The van der Waals surface area contributed by atoms with Crippen LogP contribution in [-0.4, -0.2) is 22.0 Å². The van der Waals surface area contributed by atoms with Gasteiger partial charge in [0.15, 0.2) is 0 Å². The van der Waals surface area contributed by atoms with Crippen LogP contribution in [0, 0.1) is 6.92 Å². The number of nitrogens with zero attached hydrogens (tertiary/aromatic N) is 2. The molecule has 1 N–H and O–H groups in total. The van der Waals surface area contributed by atoms with Gasteiger partial charge in [-0.25, -0.2) is 4.79 Å². The number of fused-ring (bicyclic) bond motifs is 1. The Bertz CT molecular complexity index is 662. The third-order valence-electron chi connectivity index (χ3n) is 4.26. The van der Waals surface area contributed by atoms with E-state index in [1.165, 1.54) is 5.69 Å². The van der Waals surface area contributed by atoms with Crippen LogP contribution in [0.1, 0.15) is 37.1 Å². The summed E-state index contributed by atoms with van der Waals surface area (Å²) in [6, 6.07) is 12.3. The van der Waals surface area contributed by atoms with Crippen molar-refractivity contribution in [3.8, 4) is 0 Å². The van der Waals surface area contributed by atoms with Crippen LogP contribution < -0.4 is 5.32 Å². The van der Waals surface area contributed by atoms with Crippen LogP contribution in [-0.2, 0) is 6.54 Å². The molecule has 1 aromatic heterocycles. The first-order valence-electron chi connectivity index (χ1n) is 7.98. The summed E-state index contributed by atoms with van der Waals surface area (Å²) in [6.45, 7) is 5.82. The minimum atomic E-state index is -0.00324. The second-order valence-electron chi connectivity index (χ2n) is 5.92. The second-order valence-corrected chi connectivity index (χ2v) is 5.92. The van der Waals surface area contributed by atoms with Gasteiger partial charge < -0.3 is 14.8 Å². The number of benzene rings is 1. The molecule has 22 heavy (non-hydrogen) atoms. The zero-order valence-electron chi connectivity index (χ0n) is 13.2. The first kappa shape index (κ1) is 14.7. The monoisotopic (exact) mass is 297 g/mol. The highest BCUT2D eigenvalue weighted by Crippen LogP contribution is 2.30. The molecular weight excluding hydrogens is 274 g/mol. The number of urea groups is 1. The van der Waals surface area contributed by atoms with E-state index in [-0.39, 0.29) is 12.1 Å². The van der Waals surface area contributed by atoms with Crippen molar-refractivity contribution in [2.24, 2.45) is 0 Å². The van der Waals surface area contributed by atoms with E-state index in [9.17, 15) is 4.79 Å². The first-order chi connectivity index (χ1) is 10.7. The topological polar surface area (TPSA) is 37.3 Å². The quantitative estimate of drug-likeness (QED) is 0.906. The molecule has 2 heterocycles. The third-order valence-corrected chi connectivity index (χ3v) is 4.26. The number of carbonyl (C=O) groups is 1. The van der Waals surface area contributed by atoms with E-state index in [1.807, 2.05) is 36.1 Å². The summed E-state index contributed by atoms with van der Waals surface area (Å²) in [6.07, 6.45) is 4.16. The van der Waals surface area contributed by atoms with Crippen LogP contribution in [0.2, 0.25) is 0 Å². The van der Waals surface area contributed by atoms with Crippen LogP contribution in [0.3, 0.4) is 0 Å². The van der Waals surface area contributed by atoms with E-state index < -0.39 is 0 Å². The lowest BCUT2D eigenvalue weighted by molar-refractivity contribution is 0.163. The first-order valence-corrected chi connectivity index (χ1v) is 7.98. The van der Waals surface area contributed by atoms with Crippen molar-refractivity contribution < 1.29 is 4.79 Å². The van der Waals surface area contributed by atoms with Crippen molar-refractivity contribution in [2.75, 3.05) is 11.9 Å². The smallest absolute Gasteiger partial charge is 0.322 e. The Morgan fingerprint density at radius 2 is 2.14 bits per heavy atom. The minimum absolute atomic E-state index is 0.00324. The van der Waals surface area contributed by atoms with Gasteiger partial charge in [-0.15, -0.1) is 0 Å². The fourth-order valence-corrected chi connectivity index (χ4v) is 3.20. The predicted molar refractivity (Wildman–Crippen MR) is 89.0 cm³/mol. The Kier molecular flexibility index (Phi) is 4.18. The Morgan fingerprint density at radius 3 is 2.91 bits per heavy atom. The molecule has 3 rings (SSSR count). The van der Waals surface area contributed by atoms with Gasteiger partial charge >= 0.3 is 6.03 Å². The second kappa shape index (κ2) is 6.26. The maximum atomic E-state index is 12.7. The molecule has 0 radical (unpaired) electrons. The third kappa shape index (κ3) is 2.86. The van der Waals surface area contributed by atoms with E-state index in [2.05, 4.69) is 35.1 Å². The zero-order chi connectivity index (χ0) is 15.5. The molecule has 1 aliphatic heterocycles. The molecular formula is C18H23N3O. The molecule has 1 atom stereocenters. The number of aromatic nitrogens is 1. The van der Waals surface area contributed by atoms with Gasteiger partial charge in [0.05, 0.1) is 6.04 Å². The molecule has 1 aliphatic rings. The molecule has 0 spiro atoms. The van der Waals surface area contributed by atoms with Gasteiger partial charge in [-0.2, -0.15) is 0 Å². The lowest BCUT2D eigenvalue weighted by atomic mass is 10.0. The van der Waals surface area contributed by atoms with Crippen molar-refractivity contribution in [1.29, 1.82) is 0 Å². The van der Waals surface area contributed by atoms with Crippen LogP contribution in [0.15, 0.2) is 42.6 Å². The summed E-state index contributed by atoms with van der Waals surface area (Å²) in [4.78, 5) is 14.7. The normalized spacial score (nSPS) is 17.2. The molecule has 0 unspecified atom stereocenters. The summed E-state index contributed by atoms with van der Waals surface area (Å²) in [5.74, 6) is 0. The molecule has 0 aliphatic carbocycles. The van der Waals surface area contributed by atoms with Crippen molar-refractivity contribution in [2.45, 2.75) is 39.3 Å². The molecule has 2 amide bonds. The predicted octanol–water partition coefficient (Wildman–Crippen LogP) is 4.19. The number of amides is 2. The molecule has 0 bridgehead atoms. The van der Waals surface area contributed by atoms with Gasteiger partial charge in [-0.3, -0.25) is 0 Å². The molecule has 0 saturated carbocycles. The number of aryl methyl sites for hydroxylation is 1. The number of hydrogen-bond donors (Lipinski definition) is 1. The molecule has 0 fully saturated rings. The molecule has 116 valence electrons. The van der Waals surface area contributed by atoms with Crippen molar-refractivity contribution in [3.63, 3.8) is 0 Å². The van der Waals surface area contributed by atoms with Crippen LogP contribution in [0.5, 0.6) is 0 Å². The number of nitrogens with one attached hydrogen (secondary N) is 1. The molecule has 4 nitrogen and oxygen atoms in total. The Labute approximate surface area is 131 Å². The largest absolute Gasteiger partial charge is 0.348 e. The minimum Gasteiger partial charge on any atom is -0.348 e. The van der Waals surface area contributed by atoms with E-state index in [4.69, 9.17) is 0 Å². The number of hydrogen-bond acceptors (Lipinski definition) is 1. The van der Waals surface area contributed by atoms with Crippen molar-refractivity contribution >= 4 is 11.7 Å². The summed E-state index contributed by atoms with van der Waals surface area (Å²) < 4.78 is 2.26. The number of carbonyl (C=O) groups excluding carboxylic acids is 1. The molecule has 2 aromatic rings. The van der Waals surface area contributed by atoms with Crippen LogP contribution in [0.4, 0.5) is 10.5 Å². The van der Waals surface area contributed by atoms with Crippen molar-refractivity contribution in [1.82, 2.24) is 9.47 Å². The van der Waals surface area contributed by atoms with Gasteiger partial charge in [0.1, 0.15) is 0 Å². The van der Waals surface area contributed by atoms with Gasteiger partial charge in [0.25, 0.3) is 0 Å². The van der Waals surface area contributed by atoms with E-state index in [1.54, 1.807) is 0 Å². The maximum absolute atomic E-state index is 12.7. The molecule has 0 saturated heterocycles. The summed E-state index contributed by atoms with van der Waals surface area (Å²) in [7, 11) is 0. The number of rotatable bonds is 3. The zero-order valence-corrected chi connectivity index (χ0v) is 13.2. The average Bonchev–Trinajstić information content (AvgIpc) is 2.96. The maximum Gasteiger partial charge on any atom is 0.322 e. The molecule has 1 aromatic carbocycles. The fraction of sp³-hybridized carbons (Fsp3) is 0.389. The van der Waals surface area contributed by atoms with E-state index >= 15 is 0 Å². The van der Waals surface area contributed by atoms with Gasteiger partial charge in [-0.05, 0) is 43.2 Å². The SMILES string of the molecule is CCC[C@H]1c2cccn2CCN1C(=O)Nc1cccc(C)c1. The van der Waals surface area contributed by atoms with Crippen molar-refractivity contribution in [3.05, 3.63) is 53.9 Å².